The van der Waals surface area contributed by atoms with Crippen molar-refractivity contribution in [1.82, 2.24) is 5.32 Å². The molecule has 0 aliphatic rings. The largest absolute Gasteiger partial charge is 0.487 e. The van der Waals surface area contributed by atoms with Gasteiger partial charge in [-0.1, -0.05) is 0 Å². The number of carbonyl (C=O) groups is 1. The van der Waals surface area contributed by atoms with Gasteiger partial charge in [-0.25, -0.2) is 8.78 Å². The van der Waals surface area contributed by atoms with Crippen molar-refractivity contribution in [1.29, 1.82) is 0 Å². The average molecular weight is 300 g/mol. The second-order valence-electron chi connectivity index (χ2n) is 5.70. The van der Waals surface area contributed by atoms with Gasteiger partial charge in [0, 0.05) is 18.5 Å². The molecule has 1 rings (SSSR count). The number of carbonyl (C=O) groups excluding carboxylic acids is 1. The monoisotopic (exact) mass is 300 g/mol. The maximum absolute atomic E-state index is 13.5. The molecule has 0 aromatic heterocycles. The zero-order chi connectivity index (χ0) is 16.2. The fourth-order valence-electron chi connectivity index (χ4n) is 2.27. The third-order valence-corrected chi connectivity index (χ3v) is 3.07. The molecule has 0 heterocycles. The number of rotatable bonds is 7. The van der Waals surface area contributed by atoms with Gasteiger partial charge < -0.3 is 15.8 Å². The Labute approximate surface area is 123 Å². The summed E-state index contributed by atoms with van der Waals surface area (Å²) in [6, 6.07) is 3.03. The molecule has 0 radical (unpaired) electrons. The molecule has 4 nitrogen and oxygen atoms in total. The van der Waals surface area contributed by atoms with Gasteiger partial charge in [-0.05, 0) is 39.8 Å². The summed E-state index contributed by atoms with van der Waals surface area (Å²) in [5, 5.41) is 3.08. The van der Waals surface area contributed by atoms with Gasteiger partial charge in [-0.3, -0.25) is 4.79 Å². The Morgan fingerprint density at radius 3 is 2.52 bits per heavy atom. The lowest BCUT2D eigenvalue weighted by Crippen LogP contribution is -2.57. The number of benzene rings is 1. The molecule has 0 bridgehead atoms. The minimum atomic E-state index is -0.989. The minimum Gasteiger partial charge on any atom is -0.487 e. The summed E-state index contributed by atoms with van der Waals surface area (Å²) in [4.78, 5) is 11.6. The number of halogens is 2. The molecule has 0 saturated heterocycles. The van der Waals surface area contributed by atoms with Gasteiger partial charge in [0.15, 0.2) is 11.6 Å². The highest BCUT2D eigenvalue weighted by atomic mass is 19.1. The zero-order valence-electron chi connectivity index (χ0n) is 12.7. The Hall–Kier alpha value is -1.69. The predicted molar refractivity (Wildman–Crippen MR) is 76.9 cm³/mol. The quantitative estimate of drug-likeness (QED) is 0.812. The number of hydrogen-bond acceptors (Lipinski definition) is 3. The lowest BCUT2D eigenvalue weighted by Gasteiger charge is -2.32. The number of primary amides is 1. The number of ether oxygens (including phenoxy) is 1. The van der Waals surface area contributed by atoms with Gasteiger partial charge in [-0.2, -0.15) is 0 Å². The molecule has 21 heavy (non-hydrogen) atoms. The first-order valence-electron chi connectivity index (χ1n) is 6.83. The summed E-state index contributed by atoms with van der Waals surface area (Å²) in [5.41, 5.74) is 4.44. The predicted octanol–water partition coefficient (Wildman–Crippen LogP) is 2.36. The van der Waals surface area contributed by atoms with Gasteiger partial charge in [0.25, 0.3) is 0 Å². The normalized spacial score (nSPS) is 15.6. The minimum absolute atomic E-state index is 0.0422. The molecule has 1 aromatic rings. The first-order valence-corrected chi connectivity index (χ1v) is 6.83. The van der Waals surface area contributed by atoms with E-state index in [1.807, 2.05) is 13.8 Å². The van der Waals surface area contributed by atoms with Crippen LogP contribution in [0.15, 0.2) is 18.2 Å². The van der Waals surface area contributed by atoms with Crippen LogP contribution in [0, 0.1) is 11.6 Å². The molecule has 0 fully saturated rings. The van der Waals surface area contributed by atoms with Crippen LogP contribution < -0.4 is 15.8 Å². The first kappa shape index (κ1) is 17.4. The summed E-state index contributed by atoms with van der Waals surface area (Å²) < 4.78 is 32.0. The van der Waals surface area contributed by atoms with Crippen molar-refractivity contribution in [3.63, 3.8) is 0 Å². The number of amides is 1. The molecular weight excluding hydrogens is 278 g/mol. The van der Waals surface area contributed by atoms with E-state index in [-0.39, 0.29) is 18.2 Å². The topological polar surface area (TPSA) is 64.3 Å². The molecule has 0 saturated carbocycles. The van der Waals surface area contributed by atoms with E-state index in [1.54, 1.807) is 13.8 Å². The van der Waals surface area contributed by atoms with Gasteiger partial charge in [-0.15, -0.1) is 0 Å². The van der Waals surface area contributed by atoms with Crippen LogP contribution >= 0.6 is 0 Å². The van der Waals surface area contributed by atoms with E-state index in [2.05, 4.69) is 5.32 Å². The first-order chi connectivity index (χ1) is 9.64. The number of hydrogen-bond donors (Lipinski definition) is 2. The Bertz CT molecular complexity index is 508. The van der Waals surface area contributed by atoms with E-state index in [0.717, 1.165) is 18.2 Å². The van der Waals surface area contributed by atoms with Crippen LogP contribution in [0.25, 0.3) is 0 Å². The third-order valence-electron chi connectivity index (χ3n) is 3.07. The third kappa shape index (κ3) is 4.97. The summed E-state index contributed by atoms with van der Waals surface area (Å²) in [5.74, 6) is -1.94. The Morgan fingerprint density at radius 2 is 2.00 bits per heavy atom. The fraction of sp³-hybridized carbons (Fsp3) is 0.533. The van der Waals surface area contributed by atoms with Crippen molar-refractivity contribution in [3.05, 3.63) is 29.8 Å². The van der Waals surface area contributed by atoms with Crippen molar-refractivity contribution in [2.24, 2.45) is 5.73 Å². The van der Waals surface area contributed by atoms with Crippen LogP contribution in [0.1, 0.15) is 34.1 Å². The van der Waals surface area contributed by atoms with E-state index in [0.29, 0.717) is 0 Å². The van der Waals surface area contributed by atoms with E-state index in [1.165, 1.54) is 0 Å². The van der Waals surface area contributed by atoms with E-state index >= 15 is 0 Å². The van der Waals surface area contributed by atoms with Crippen LogP contribution in [-0.4, -0.2) is 23.6 Å². The Morgan fingerprint density at radius 1 is 1.38 bits per heavy atom. The molecule has 0 aliphatic carbocycles. The maximum atomic E-state index is 13.5. The highest BCUT2D eigenvalue weighted by Crippen LogP contribution is 2.22. The van der Waals surface area contributed by atoms with Gasteiger partial charge in [0.1, 0.15) is 5.82 Å². The smallest absolute Gasteiger partial charge is 0.237 e. The van der Waals surface area contributed by atoms with Crippen molar-refractivity contribution < 1.29 is 18.3 Å². The van der Waals surface area contributed by atoms with Crippen LogP contribution in [0.3, 0.4) is 0 Å². The molecule has 0 spiro atoms. The summed E-state index contributed by atoms with van der Waals surface area (Å²) in [7, 11) is 0. The molecule has 118 valence electrons. The Balaban J connectivity index is 2.81. The number of nitrogens with one attached hydrogen (secondary N) is 1. The van der Waals surface area contributed by atoms with Crippen molar-refractivity contribution >= 4 is 5.91 Å². The van der Waals surface area contributed by atoms with Crippen molar-refractivity contribution in [2.75, 3.05) is 0 Å². The van der Waals surface area contributed by atoms with E-state index in [4.69, 9.17) is 10.5 Å². The van der Waals surface area contributed by atoms with Gasteiger partial charge in [0.2, 0.25) is 5.91 Å². The molecule has 3 N–H and O–H groups in total. The molecule has 1 aromatic carbocycles. The molecule has 1 amide bonds. The lowest BCUT2D eigenvalue weighted by atomic mass is 9.93. The summed E-state index contributed by atoms with van der Waals surface area (Å²) in [6.07, 6.45) is -0.290. The SMILES string of the molecule is CC(C)NC(C)(CC(C)Oc1cc(F)ccc1F)C(N)=O. The van der Waals surface area contributed by atoms with Crippen molar-refractivity contribution in [3.8, 4) is 5.75 Å². The zero-order valence-corrected chi connectivity index (χ0v) is 12.7. The average Bonchev–Trinajstić information content (AvgIpc) is 2.32. The second kappa shape index (κ2) is 6.85. The summed E-state index contributed by atoms with van der Waals surface area (Å²) >= 11 is 0. The van der Waals surface area contributed by atoms with Crippen molar-refractivity contribution in [2.45, 2.75) is 51.8 Å². The summed E-state index contributed by atoms with van der Waals surface area (Å²) in [6.45, 7) is 7.11. The van der Waals surface area contributed by atoms with E-state index < -0.39 is 29.2 Å². The molecule has 2 unspecified atom stereocenters. The second-order valence-corrected chi connectivity index (χ2v) is 5.70. The maximum Gasteiger partial charge on any atom is 0.237 e. The van der Waals surface area contributed by atoms with Crippen LogP contribution in [0.4, 0.5) is 8.78 Å². The van der Waals surface area contributed by atoms with Gasteiger partial charge in [0.05, 0.1) is 11.6 Å². The Kier molecular flexibility index (Phi) is 5.66. The van der Waals surface area contributed by atoms with E-state index in [9.17, 15) is 13.6 Å². The lowest BCUT2D eigenvalue weighted by molar-refractivity contribution is -0.125. The molecule has 6 heteroatoms. The van der Waals surface area contributed by atoms with Gasteiger partial charge >= 0.3 is 0 Å². The molecule has 2 atom stereocenters. The van der Waals surface area contributed by atoms with Crippen LogP contribution in [0.5, 0.6) is 5.75 Å². The van der Waals surface area contributed by atoms with Crippen LogP contribution in [-0.2, 0) is 4.79 Å². The molecule has 0 aliphatic heterocycles. The molecular formula is C15H22F2N2O2. The number of nitrogens with two attached hydrogens (primary N) is 1. The van der Waals surface area contributed by atoms with Crippen LogP contribution in [0.2, 0.25) is 0 Å². The standard InChI is InChI=1S/C15H22F2N2O2/c1-9(2)19-15(4,14(18)20)8-10(3)21-13-7-11(16)5-6-12(13)17/h5-7,9-10,19H,8H2,1-4H3,(H2,18,20). The fourth-order valence-corrected chi connectivity index (χ4v) is 2.27. The highest BCUT2D eigenvalue weighted by molar-refractivity contribution is 5.84. The highest BCUT2D eigenvalue weighted by Gasteiger charge is 2.34.